The summed E-state index contributed by atoms with van der Waals surface area (Å²) in [6.45, 7) is 6.76. The van der Waals surface area contributed by atoms with Gasteiger partial charge in [0.05, 0.1) is 13.0 Å². The minimum absolute atomic E-state index is 0.0991. The second-order valence-corrected chi connectivity index (χ2v) is 12.0. The zero-order valence-electron chi connectivity index (χ0n) is 20.3. The van der Waals surface area contributed by atoms with E-state index in [0.717, 1.165) is 12.8 Å². The quantitative estimate of drug-likeness (QED) is 0.462. The molecule has 0 saturated heterocycles. The first kappa shape index (κ1) is 26.3. The second kappa shape index (κ2) is 10.9. The number of nitrogens with zero attached hydrogens (tertiary/aromatic N) is 3. The Balaban J connectivity index is 1.64. The molecule has 10 heteroatoms. The van der Waals surface area contributed by atoms with Crippen LogP contribution in [0.2, 0.25) is 0 Å². The Morgan fingerprint density at radius 2 is 1.97 bits per heavy atom. The summed E-state index contributed by atoms with van der Waals surface area (Å²) in [4.78, 5) is 19.6. The van der Waals surface area contributed by atoms with Gasteiger partial charge in [0.1, 0.15) is 0 Å². The first-order chi connectivity index (χ1) is 16.0. The molecule has 188 valence electrons. The van der Waals surface area contributed by atoms with Gasteiger partial charge in [0.2, 0.25) is 5.89 Å². The Kier molecular flexibility index (Phi) is 8.46. The van der Waals surface area contributed by atoms with Crippen LogP contribution in [0.5, 0.6) is 0 Å². The molecule has 1 unspecified atom stereocenters. The van der Waals surface area contributed by atoms with Crippen molar-refractivity contribution in [1.29, 1.82) is 0 Å². The summed E-state index contributed by atoms with van der Waals surface area (Å²) in [5.41, 5.74) is 0.459. The van der Waals surface area contributed by atoms with E-state index in [1.807, 2.05) is 0 Å². The fourth-order valence-electron chi connectivity index (χ4n) is 5.06. The van der Waals surface area contributed by atoms with Crippen molar-refractivity contribution in [3.8, 4) is 0 Å². The third-order valence-corrected chi connectivity index (χ3v) is 8.51. The summed E-state index contributed by atoms with van der Waals surface area (Å²) in [6.07, 6.45) is 10.0. The number of hydrogen-bond acceptors (Lipinski definition) is 7. The van der Waals surface area contributed by atoms with E-state index >= 15 is 0 Å². The molecule has 0 radical (unpaired) electrons. The van der Waals surface area contributed by atoms with E-state index in [2.05, 4.69) is 40.6 Å². The normalized spacial score (nSPS) is 17.4. The number of carboxylic acids is 1. The van der Waals surface area contributed by atoms with E-state index in [0.29, 0.717) is 6.42 Å². The highest BCUT2D eigenvalue weighted by Crippen LogP contribution is 2.53. The Hall–Kier alpha value is -2.33. The molecule has 2 aromatic rings. The third-order valence-electron chi connectivity index (χ3n) is 7.20. The van der Waals surface area contributed by atoms with E-state index in [-0.39, 0.29) is 40.5 Å². The molecule has 1 fully saturated rings. The topological polar surface area (TPSA) is 135 Å². The number of hydrogen-bond donors (Lipinski definition) is 2. The minimum atomic E-state index is -3.81. The molecule has 2 aromatic heterocycles. The van der Waals surface area contributed by atoms with Crippen molar-refractivity contribution < 1.29 is 22.8 Å². The van der Waals surface area contributed by atoms with E-state index < -0.39 is 21.9 Å². The van der Waals surface area contributed by atoms with Gasteiger partial charge >= 0.3 is 5.97 Å². The summed E-state index contributed by atoms with van der Waals surface area (Å²) < 4.78 is 32.5. The highest BCUT2D eigenvalue weighted by molar-refractivity contribution is 7.89. The molecular weight excluding hydrogens is 456 g/mol. The largest absolute Gasteiger partial charge is 0.481 e. The summed E-state index contributed by atoms with van der Waals surface area (Å²) in [5.74, 6) is -0.943. The lowest BCUT2D eigenvalue weighted by Gasteiger charge is -2.48. The van der Waals surface area contributed by atoms with Gasteiger partial charge in [-0.1, -0.05) is 57.7 Å². The van der Waals surface area contributed by atoms with Gasteiger partial charge < -0.3 is 9.63 Å². The number of carbonyl (C=O) groups is 1. The average molecular weight is 493 g/mol. The molecule has 0 aliphatic heterocycles. The van der Waals surface area contributed by atoms with Crippen molar-refractivity contribution in [3.63, 3.8) is 0 Å². The number of pyridine rings is 1. The summed E-state index contributed by atoms with van der Waals surface area (Å²) in [6, 6.07) is 4.61. The van der Waals surface area contributed by atoms with Gasteiger partial charge in [-0.3, -0.25) is 4.79 Å². The molecular formula is C24H36N4O5S. The lowest BCUT2D eigenvalue weighted by atomic mass is 9.57. The predicted octanol–water partition coefficient (Wildman–Crippen LogP) is 4.67. The van der Waals surface area contributed by atoms with Crippen molar-refractivity contribution in [2.45, 2.75) is 96.0 Å². The number of sulfonamides is 1. The van der Waals surface area contributed by atoms with Gasteiger partial charge in [-0.2, -0.15) is 4.98 Å². The highest BCUT2D eigenvalue weighted by Gasteiger charge is 2.42. The maximum atomic E-state index is 12.4. The highest BCUT2D eigenvalue weighted by atomic mass is 32.2. The molecule has 0 bridgehead atoms. The van der Waals surface area contributed by atoms with Crippen molar-refractivity contribution in [3.05, 3.63) is 36.1 Å². The van der Waals surface area contributed by atoms with Crippen LogP contribution in [0.3, 0.4) is 0 Å². The van der Waals surface area contributed by atoms with Crippen LogP contribution in [-0.4, -0.2) is 34.6 Å². The van der Waals surface area contributed by atoms with E-state index in [9.17, 15) is 18.3 Å². The lowest BCUT2D eigenvalue weighted by Crippen LogP contribution is -2.37. The van der Waals surface area contributed by atoms with Crippen LogP contribution in [0.1, 0.15) is 96.2 Å². The number of nitrogens with one attached hydrogen (secondary N) is 1. The minimum Gasteiger partial charge on any atom is -0.481 e. The standard InChI is InChI=1S/C24H36N4O5S/c1-23(2,3)24(12-6-4-7-13-24)14-9-10-18(16-21(29)30)22-27-19(28-33-22)17-26-34(31,32)20-11-5-8-15-25-20/h5,8,11,15,18,26H,4,6-7,9-10,12-14,16-17H2,1-3H3,(H,29,30). The predicted molar refractivity (Wildman–Crippen MR) is 126 cm³/mol. The molecule has 2 N–H and O–H groups in total. The van der Waals surface area contributed by atoms with Crippen molar-refractivity contribution >= 4 is 16.0 Å². The van der Waals surface area contributed by atoms with Gasteiger partial charge in [0.15, 0.2) is 10.9 Å². The van der Waals surface area contributed by atoms with Crippen LogP contribution >= 0.6 is 0 Å². The third kappa shape index (κ3) is 6.63. The molecule has 1 atom stereocenters. The van der Waals surface area contributed by atoms with E-state index in [1.54, 1.807) is 12.1 Å². The molecule has 0 spiro atoms. The van der Waals surface area contributed by atoms with Crippen LogP contribution in [0.25, 0.3) is 0 Å². The molecule has 9 nitrogen and oxygen atoms in total. The maximum absolute atomic E-state index is 12.4. The fourth-order valence-corrected chi connectivity index (χ4v) is 5.98. The second-order valence-electron chi connectivity index (χ2n) is 10.3. The Bertz CT molecular complexity index is 1040. The lowest BCUT2D eigenvalue weighted by molar-refractivity contribution is -0.137. The molecule has 0 amide bonds. The zero-order valence-corrected chi connectivity index (χ0v) is 21.1. The first-order valence-corrected chi connectivity index (χ1v) is 13.5. The molecule has 1 aliphatic carbocycles. The summed E-state index contributed by atoms with van der Waals surface area (Å²) >= 11 is 0. The van der Waals surface area contributed by atoms with Gasteiger partial charge in [-0.15, -0.1) is 0 Å². The zero-order chi connectivity index (χ0) is 24.8. The Morgan fingerprint density at radius 1 is 1.24 bits per heavy atom. The van der Waals surface area contributed by atoms with Crippen LogP contribution in [0.4, 0.5) is 0 Å². The maximum Gasteiger partial charge on any atom is 0.304 e. The van der Waals surface area contributed by atoms with E-state index in [1.165, 1.54) is 44.4 Å². The molecule has 3 rings (SSSR count). The number of rotatable bonds is 11. The monoisotopic (exact) mass is 492 g/mol. The summed E-state index contributed by atoms with van der Waals surface area (Å²) in [7, 11) is -3.81. The molecule has 34 heavy (non-hydrogen) atoms. The van der Waals surface area contributed by atoms with Crippen molar-refractivity contribution in [2.24, 2.45) is 10.8 Å². The van der Waals surface area contributed by atoms with Crippen LogP contribution < -0.4 is 4.72 Å². The Labute approximate surface area is 201 Å². The average Bonchev–Trinajstić information content (AvgIpc) is 3.26. The van der Waals surface area contributed by atoms with Crippen LogP contribution in [0.15, 0.2) is 33.9 Å². The number of aromatic nitrogens is 3. The van der Waals surface area contributed by atoms with E-state index in [4.69, 9.17) is 4.52 Å². The fraction of sp³-hybridized carbons (Fsp3) is 0.667. The molecule has 1 saturated carbocycles. The SMILES string of the molecule is CC(C)(C)C1(CCCC(CC(=O)O)c2nc(CNS(=O)(=O)c3ccccn3)no2)CCCCC1. The van der Waals surface area contributed by atoms with Crippen LogP contribution in [0, 0.1) is 10.8 Å². The number of carboxylic acid groups (broad SMARTS) is 1. The molecule has 1 aliphatic rings. The molecule has 0 aromatic carbocycles. The van der Waals surface area contributed by atoms with Crippen LogP contribution in [-0.2, 0) is 21.4 Å². The van der Waals surface area contributed by atoms with Gasteiger partial charge in [-0.05, 0) is 48.6 Å². The smallest absolute Gasteiger partial charge is 0.304 e. The summed E-state index contributed by atoms with van der Waals surface area (Å²) in [5, 5.41) is 13.2. The van der Waals surface area contributed by atoms with Gasteiger partial charge in [-0.25, -0.2) is 18.1 Å². The van der Waals surface area contributed by atoms with Gasteiger partial charge in [0.25, 0.3) is 10.0 Å². The number of aliphatic carboxylic acids is 1. The van der Waals surface area contributed by atoms with Gasteiger partial charge in [0, 0.05) is 12.1 Å². The Morgan fingerprint density at radius 3 is 2.59 bits per heavy atom. The van der Waals surface area contributed by atoms with Crippen molar-refractivity contribution in [2.75, 3.05) is 0 Å². The molecule has 2 heterocycles. The van der Waals surface area contributed by atoms with Crippen molar-refractivity contribution in [1.82, 2.24) is 19.8 Å². The first-order valence-electron chi connectivity index (χ1n) is 12.0.